The van der Waals surface area contributed by atoms with Crippen LogP contribution in [0.2, 0.25) is 10.0 Å². The van der Waals surface area contributed by atoms with Crippen molar-refractivity contribution in [2.45, 2.75) is 31.5 Å². The number of rotatable bonds is 4. The van der Waals surface area contributed by atoms with Crippen LogP contribution in [0.25, 0.3) is 0 Å². The van der Waals surface area contributed by atoms with Gasteiger partial charge < -0.3 is 15.5 Å². The Hall–Kier alpha value is -0.810. The molecule has 6 heteroatoms. The van der Waals surface area contributed by atoms with Crippen molar-refractivity contribution >= 4 is 29.1 Å². The van der Waals surface area contributed by atoms with Crippen molar-refractivity contribution in [3.8, 4) is 0 Å². The zero-order chi connectivity index (χ0) is 14.7. The van der Waals surface area contributed by atoms with E-state index in [1.807, 2.05) is 0 Å². The molecule has 3 atom stereocenters. The first-order chi connectivity index (χ1) is 9.47. The van der Waals surface area contributed by atoms with E-state index in [1.54, 1.807) is 18.2 Å². The largest absolute Gasteiger partial charge is 0.392 e. The fourth-order valence-corrected chi connectivity index (χ4v) is 3.00. The molecule has 1 aromatic carbocycles. The number of carbonyl (C=O) groups excluding carboxylic acids is 1. The Bertz CT molecular complexity index is 475. The zero-order valence-electron chi connectivity index (χ0n) is 10.9. The van der Waals surface area contributed by atoms with Crippen LogP contribution in [0.1, 0.15) is 30.9 Å². The first-order valence-electron chi connectivity index (χ1n) is 6.57. The van der Waals surface area contributed by atoms with Crippen molar-refractivity contribution < 1.29 is 15.0 Å². The summed E-state index contributed by atoms with van der Waals surface area (Å²) >= 11 is 11.7. The summed E-state index contributed by atoms with van der Waals surface area (Å²) in [6.45, 7) is 0.0682. The van der Waals surface area contributed by atoms with E-state index in [4.69, 9.17) is 23.2 Å². The highest BCUT2D eigenvalue weighted by molar-refractivity contribution is 6.34. The van der Waals surface area contributed by atoms with E-state index in [-0.39, 0.29) is 18.4 Å². The Morgan fingerprint density at radius 1 is 1.30 bits per heavy atom. The Balaban J connectivity index is 1.91. The van der Waals surface area contributed by atoms with Crippen molar-refractivity contribution in [2.75, 3.05) is 6.54 Å². The van der Waals surface area contributed by atoms with E-state index in [2.05, 4.69) is 5.32 Å². The van der Waals surface area contributed by atoms with E-state index in [0.717, 1.165) is 6.42 Å². The molecule has 3 N–H and O–H groups in total. The quantitative estimate of drug-likeness (QED) is 0.798. The number of amides is 1. The van der Waals surface area contributed by atoms with Crippen LogP contribution in [-0.4, -0.2) is 28.8 Å². The van der Waals surface area contributed by atoms with Gasteiger partial charge in [0.1, 0.15) is 0 Å². The number of nitrogens with one attached hydrogen (secondary N) is 1. The molecule has 0 bridgehead atoms. The van der Waals surface area contributed by atoms with Gasteiger partial charge in [0, 0.05) is 16.6 Å². The number of benzene rings is 1. The van der Waals surface area contributed by atoms with E-state index in [0.29, 0.717) is 28.5 Å². The van der Waals surface area contributed by atoms with Gasteiger partial charge in [-0.15, -0.1) is 0 Å². The molecular formula is C14H17Cl2NO3. The molecule has 1 aliphatic rings. The summed E-state index contributed by atoms with van der Waals surface area (Å²) in [5.74, 6) is -0.590. The maximum absolute atomic E-state index is 11.9. The molecule has 2 rings (SSSR count). The van der Waals surface area contributed by atoms with Gasteiger partial charge in [-0.1, -0.05) is 23.2 Å². The summed E-state index contributed by atoms with van der Waals surface area (Å²) in [6.07, 6.45) is 0.740. The van der Waals surface area contributed by atoms with Crippen LogP contribution in [0.3, 0.4) is 0 Å². The van der Waals surface area contributed by atoms with Gasteiger partial charge in [-0.05, 0) is 43.0 Å². The molecule has 0 radical (unpaired) electrons. The average molecular weight is 318 g/mol. The highest BCUT2D eigenvalue weighted by Gasteiger charge is 2.31. The average Bonchev–Trinajstić information content (AvgIpc) is 2.80. The molecule has 1 saturated carbocycles. The molecule has 0 spiro atoms. The minimum absolute atomic E-state index is 0.0682. The second-order valence-corrected chi connectivity index (χ2v) is 5.94. The fourth-order valence-electron chi connectivity index (χ4n) is 2.46. The molecule has 1 fully saturated rings. The number of hydrogen-bond acceptors (Lipinski definition) is 3. The lowest BCUT2D eigenvalue weighted by molar-refractivity contribution is -0.128. The van der Waals surface area contributed by atoms with Gasteiger partial charge in [0.25, 0.3) is 0 Å². The highest BCUT2D eigenvalue weighted by atomic mass is 35.5. The molecule has 0 aliphatic heterocycles. The Morgan fingerprint density at radius 2 is 1.95 bits per heavy atom. The molecular weight excluding hydrogens is 301 g/mol. The van der Waals surface area contributed by atoms with Crippen molar-refractivity contribution in [3.63, 3.8) is 0 Å². The first kappa shape index (κ1) is 15.6. The van der Waals surface area contributed by atoms with Gasteiger partial charge in [-0.3, -0.25) is 4.79 Å². The van der Waals surface area contributed by atoms with Crippen LogP contribution in [0.4, 0.5) is 0 Å². The van der Waals surface area contributed by atoms with Gasteiger partial charge in [-0.25, -0.2) is 0 Å². The summed E-state index contributed by atoms with van der Waals surface area (Å²) < 4.78 is 0. The predicted molar refractivity (Wildman–Crippen MR) is 77.8 cm³/mol. The molecule has 0 saturated heterocycles. The van der Waals surface area contributed by atoms with E-state index < -0.39 is 12.2 Å². The van der Waals surface area contributed by atoms with E-state index >= 15 is 0 Å². The molecule has 20 heavy (non-hydrogen) atoms. The number of hydrogen-bond donors (Lipinski definition) is 3. The van der Waals surface area contributed by atoms with Gasteiger partial charge in [0.2, 0.25) is 5.91 Å². The summed E-state index contributed by atoms with van der Waals surface area (Å²) in [5.41, 5.74) is 0.551. The summed E-state index contributed by atoms with van der Waals surface area (Å²) in [4.78, 5) is 11.9. The summed E-state index contributed by atoms with van der Waals surface area (Å²) in [7, 11) is 0. The molecule has 4 nitrogen and oxygen atoms in total. The molecule has 1 amide bonds. The lowest BCUT2D eigenvalue weighted by Gasteiger charge is -2.17. The standard InChI is InChI=1S/C14H17Cl2NO3/c15-9-4-8(5-10(16)6-9)13(19)7-17-14(20)11-2-1-3-12(11)18/h4-6,11-13,18-19H,1-3,7H2,(H,17,20). The predicted octanol–water partition coefficient (Wildman–Crippen LogP) is 2.30. The van der Waals surface area contributed by atoms with Crippen molar-refractivity contribution in [2.24, 2.45) is 5.92 Å². The Morgan fingerprint density at radius 3 is 2.50 bits per heavy atom. The zero-order valence-corrected chi connectivity index (χ0v) is 12.4. The summed E-state index contributed by atoms with van der Waals surface area (Å²) in [5, 5.41) is 23.2. The molecule has 3 unspecified atom stereocenters. The molecule has 0 aromatic heterocycles. The monoisotopic (exact) mass is 317 g/mol. The third-order valence-corrected chi connectivity index (χ3v) is 3.99. The molecule has 1 aromatic rings. The lowest BCUT2D eigenvalue weighted by Crippen LogP contribution is -2.37. The minimum atomic E-state index is -0.881. The third kappa shape index (κ3) is 3.85. The van der Waals surface area contributed by atoms with Crippen molar-refractivity contribution in [3.05, 3.63) is 33.8 Å². The Labute approximate surface area is 127 Å². The maximum atomic E-state index is 11.9. The van der Waals surface area contributed by atoms with Crippen LogP contribution in [0.5, 0.6) is 0 Å². The van der Waals surface area contributed by atoms with Crippen LogP contribution >= 0.6 is 23.2 Å². The van der Waals surface area contributed by atoms with E-state index in [9.17, 15) is 15.0 Å². The summed E-state index contributed by atoms with van der Waals surface area (Å²) in [6, 6.07) is 4.79. The van der Waals surface area contributed by atoms with Crippen LogP contribution in [-0.2, 0) is 4.79 Å². The lowest BCUT2D eigenvalue weighted by atomic mass is 10.0. The smallest absolute Gasteiger partial charge is 0.225 e. The maximum Gasteiger partial charge on any atom is 0.225 e. The normalized spacial score (nSPS) is 23.6. The number of halogens is 2. The first-order valence-corrected chi connectivity index (χ1v) is 7.33. The molecule has 0 heterocycles. The number of carbonyl (C=O) groups is 1. The van der Waals surface area contributed by atoms with Crippen molar-refractivity contribution in [1.82, 2.24) is 5.32 Å². The topological polar surface area (TPSA) is 69.6 Å². The van der Waals surface area contributed by atoms with Gasteiger partial charge in [-0.2, -0.15) is 0 Å². The van der Waals surface area contributed by atoms with Gasteiger partial charge in [0.05, 0.1) is 18.1 Å². The van der Waals surface area contributed by atoms with E-state index in [1.165, 1.54) is 0 Å². The van der Waals surface area contributed by atoms with Gasteiger partial charge in [0.15, 0.2) is 0 Å². The van der Waals surface area contributed by atoms with Crippen LogP contribution in [0.15, 0.2) is 18.2 Å². The third-order valence-electron chi connectivity index (χ3n) is 3.56. The Kier molecular flexibility index (Phi) is 5.27. The second kappa shape index (κ2) is 6.76. The molecule has 110 valence electrons. The molecule has 1 aliphatic carbocycles. The number of aliphatic hydroxyl groups is 2. The van der Waals surface area contributed by atoms with Gasteiger partial charge >= 0.3 is 0 Å². The van der Waals surface area contributed by atoms with Crippen LogP contribution in [0, 0.1) is 5.92 Å². The second-order valence-electron chi connectivity index (χ2n) is 5.07. The fraction of sp³-hybridized carbons (Fsp3) is 0.500. The minimum Gasteiger partial charge on any atom is -0.392 e. The highest BCUT2D eigenvalue weighted by Crippen LogP contribution is 2.26. The number of aliphatic hydroxyl groups excluding tert-OH is 2. The SMILES string of the molecule is O=C(NCC(O)c1cc(Cl)cc(Cl)c1)C1CCCC1O. The van der Waals surface area contributed by atoms with Crippen molar-refractivity contribution in [1.29, 1.82) is 0 Å². The van der Waals surface area contributed by atoms with Crippen LogP contribution < -0.4 is 5.32 Å².